The van der Waals surface area contributed by atoms with Gasteiger partial charge in [-0.3, -0.25) is 0 Å². The fourth-order valence-corrected chi connectivity index (χ4v) is 11.6. The van der Waals surface area contributed by atoms with Gasteiger partial charge in [0.1, 0.15) is 11.2 Å². The highest BCUT2D eigenvalue weighted by Crippen LogP contribution is 2.64. The van der Waals surface area contributed by atoms with E-state index < -0.39 is 5.41 Å². The molecule has 0 unspecified atom stereocenters. The average Bonchev–Trinajstić information content (AvgIpc) is 3.95. The second-order valence-electron chi connectivity index (χ2n) is 18.4. The van der Waals surface area contributed by atoms with Gasteiger partial charge in [-0.15, -0.1) is 0 Å². The quantitative estimate of drug-likeness (QED) is 0.159. The van der Waals surface area contributed by atoms with E-state index >= 15 is 0 Å². The van der Waals surface area contributed by atoms with Crippen molar-refractivity contribution in [3.05, 3.63) is 289 Å². The molecule has 1 aliphatic heterocycles. The van der Waals surface area contributed by atoms with Gasteiger partial charge in [0.15, 0.2) is 0 Å². The topological polar surface area (TPSA) is 19.6 Å². The molecule has 3 heteroatoms. The molecule has 0 bridgehead atoms. The van der Waals surface area contributed by atoms with Crippen LogP contribution in [-0.4, -0.2) is 0 Å². The summed E-state index contributed by atoms with van der Waals surface area (Å²) < 4.78 is 6.22. The molecule has 12 aromatic rings. The van der Waals surface area contributed by atoms with Crippen molar-refractivity contribution < 1.29 is 4.42 Å². The smallest absolute Gasteiger partial charge is 0.135 e. The zero-order valence-electron chi connectivity index (χ0n) is 38.2. The minimum atomic E-state index is -0.599. The van der Waals surface area contributed by atoms with Gasteiger partial charge in [0.25, 0.3) is 0 Å². The summed E-state index contributed by atoms with van der Waals surface area (Å²) in [6, 6.07) is 97.5. The second-order valence-corrected chi connectivity index (χ2v) is 18.4. The average molecular weight is 893 g/mol. The first-order valence-corrected chi connectivity index (χ1v) is 24.1. The number of benzene rings is 11. The molecule has 1 aromatic heterocycles. The predicted octanol–water partition coefficient (Wildman–Crippen LogP) is 18.2. The molecular formula is C67H44N2O. The monoisotopic (exact) mass is 892 g/mol. The third-order valence-corrected chi connectivity index (χ3v) is 14.7. The lowest BCUT2D eigenvalue weighted by atomic mass is 9.64. The van der Waals surface area contributed by atoms with Crippen molar-refractivity contribution in [3.8, 4) is 44.5 Å². The first-order chi connectivity index (χ1) is 34.7. The van der Waals surface area contributed by atoms with Crippen LogP contribution in [0.4, 0.5) is 34.1 Å². The van der Waals surface area contributed by atoms with Crippen molar-refractivity contribution in [1.82, 2.24) is 0 Å². The van der Waals surface area contributed by atoms with Crippen LogP contribution in [0.25, 0.3) is 66.4 Å². The summed E-state index contributed by atoms with van der Waals surface area (Å²) in [6.45, 7) is 0. The number of hydrogen-bond acceptors (Lipinski definition) is 3. The number of furan rings is 1. The minimum absolute atomic E-state index is 0.599. The van der Waals surface area contributed by atoms with Crippen molar-refractivity contribution in [3.63, 3.8) is 0 Å². The Kier molecular flexibility index (Phi) is 9.11. The fraction of sp³-hybridized carbons (Fsp3) is 0.0149. The SMILES string of the molecule is c1ccc(-c2ccc(-c3ccccc3N(c3ccc(-c4ccc5oc6ccccc6c5c4)cc3)c3ccc4c(c3)C3(c5ccccc5-4)c4ccccc4N(c4ccccc4)c4ccccc43)cc2)cc1. The van der Waals surface area contributed by atoms with Crippen LogP contribution in [0.15, 0.2) is 271 Å². The van der Waals surface area contributed by atoms with Crippen molar-refractivity contribution >= 4 is 56.1 Å². The Morgan fingerprint density at radius 2 is 0.829 bits per heavy atom. The summed E-state index contributed by atoms with van der Waals surface area (Å²) in [7, 11) is 0. The highest BCUT2D eigenvalue weighted by molar-refractivity contribution is 6.06. The standard InChI is InChI=1S/C67H44N2O/c1-3-17-45(18-4-1)46-31-33-48(34-32-46)53-21-8-13-27-62(53)68(51-38-35-47(36-39-51)49-37-42-66-57(43-49)56-23-9-16-30-65(56)70-66)52-40-41-55-54-22-7-10-24-58(54)67(61(55)44-52)59-25-11-14-28-63(59)69(50-19-5-2-6-20-50)64-29-15-12-26-60(64)67/h1-44H. The van der Waals surface area contributed by atoms with Gasteiger partial charge in [0.2, 0.25) is 0 Å². The van der Waals surface area contributed by atoms with Crippen molar-refractivity contribution in [2.75, 3.05) is 9.80 Å². The lowest BCUT2D eigenvalue weighted by molar-refractivity contribution is 0.669. The molecule has 1 aliphatic carbocycles. The van der Waals surface area contributed by atoms with Gasteiger partial charge in [0, 0.05) is 33.4 Å². The van der Waals surface area contributed by atoms with Crippen LogP contribution in [0.1, 0.15) is 22.3 Å². The molecule has 0 atom stereocenters. The zero-order chi connectivity index (χ0) is 46.2. The minimum Gasteiger partial charge on any atom is -0.456 e. The van der Waals surface area contributed by atoms with E-state index in [1.165, 1.54) is 55.9 Å². The maximum Gasteiger partial charge on any atom is 0.135 e. The molecule has 0 saturated carbocycles. The third kappa shape index (κ3) is 6.08. The number of anilines is 6. The van der Waals surface area contributed by atoms with Gasteiger partial charge in [0.05, 0.1) is 22.5 Å². The van der Waals surface area contributed by atoms with Crippen LogP contribution in [0.2, 0.25) is 0 Å². The largest absolute Gasteiger partial charge is 0.456 e. The van der Waals surface area contributed by atoms with E-state index in [0.29, 0.717) is 0 Å². The summed E-state index contributed by atoms with van der Waals surface area (Å²) in [5.74, 6) is 0. The summed E-state index contributed by atoms with van der Waals surface area (Å²) in [6.07, 6.45) is 0. The Balaban J connectivity index is 0.976. The van der Waals surface area contributed by atoms with Gasteiger partial charge < -0.3 is 14.2 Å². The van der Waals surface area contributed by atoms with Gasteiger partial charge >= 0.3 is 0 Å². The molecule has 0 saturated heterocycles. The van der Waals surface area contributed by atoms with E-state index in [9.17, 15) is 0 Å². The van der Waals surface area contributed by atoms with Gasteiger partial charge in [-0.2, -0.15) is 0 Å². The van der Waals surface area contributed by atoms with Gasteiger partial charge in [-0.25, -0.2) is 0 Å². The Bertz CT molecular complexity index is 3900. The number of rotatable bonds is 7. The van der Waals surface area contributed by atoms with Crippen molar-refractivity contribution in [2.45, 2.75) is 5.41 Å². The highest BCUT2D eigenvalue weighted by atomic mass is 16.3. The molecule has 1 spiro atoms. The Morgan fingerprint density at radius 3 is 1.59 bits per heavy atom. The summed E-state index contributed by atoms with van der Waals surface area (Å²) >= 11 is 0. The summed E-state index contributed by atoms with van der Waals surface area (Å²) in [4.78, 5) is 4.91. The fourth-order valence-electron chi connectivity index (χ4n) is 11.6. The van der Waals surface area contributed by atoms with Crippen LogP contribution in [0, 0.1) is 0 Å². The molecule has 328 valence electrons. The van der Waals surface area contributed by atoms with E-state index in [4.69, 9.17) is 4.42 Å². The maximum absolute atomic E-state index is 6.22. The summed E-state index contributed by atoms with van der Waals surface area (Å²) in [5.41, 5.74) is 22.5. The molecule has 2 aliphatic rings. The molecule has 70 heavy (non-hydrogen) atoms. The van der Waals surface area contributed by atoms with E-state index in [2.05, 4.69) is 265 Å². The van der Waals surface area contributed by atoms with Crippen LogP contribution < -0.4 is 9.80 Å². The van der Waals surface area contributed by atoms with Gasteiger partial charge in [-0.05, 0) is 134 Å². The normalized spacial score (nSPS) is 12.9. The van der Waals surface area contributed by atoms with Crippen LogP contribution >= 0.6 is 0 Å². The first-order valence-electron chi connectivity index (χ1n) is 24.1. The van der Waals surface area contributed by atoms with E-state index in [0.717, 1.165) is 66.9 Å². The van der Waals surface area contributed by atoms with Crippen molar-refractivity contribution in [1.29, 1.82) is 0 Å². The Morgan fingerprint density at radius 1 is 0.314 bits per heavy atom. The van der Waals surface area contributed by atoms with Crippen molar-refractivity contribution in [2.24, 2.45) is 0 Å². The number of nitrogens with zero attached hydrogens (tertiary/aromatic N) is 2. The zero-order valence-corrected chi connectivity index (χ0v) is 38.2. The Labute approximate surface area is 407 Å². The van der Waals surface area contributed by atoms with Crippen LogP contribution in [0.3, 0.4) is 0 Å². The molecular weight excluding hydrogens is 849 g/mol. The molecule has 3 nitrogen and oxygen atoms in total. The molecule has 11 aromatic carbocycles. The molecule has 0 fully saturated rings. The lowest BCUT2D eigenvalue weighted by Gasteiger charge is -2.45. The van der Waals surface area contributed by atoms with Gasteiger partial charge in [-0.1, -0.05) is 194 Å². The number of para-hydroxylation sites is 5. The maximum atomic E-state index is 6.22. The summed E-state index contributed by atoms with van der Waals surface area (Å²) in [5, 5.41) is 2.25. The van der Waals surface area contributed by atoms with Crippen LogP contribution in [0.5, 0.6) is 0 Å². The van der Waals surface area contributed by atoms with Crippen LogP contribution in [-0.2, 0) is 5.41 Å². The second kappa shape index (κ2) is 16.0. The number of hydrogen-bond donors (Lipinski definition) is 0. The first kappa shape index (κ1) is 39.9. The molecule has 14 rings (SSSR count). The molecule has 0 amide bonds. The van der Waals surface area contributed by atoms with E-state index in [1.54, 1.807) is 0 Å². The predicted molar refractivity (Wildman–Crippen MR) is 290 cm³/mol. The third-order valence-electron chi connectivity index (χ3n) is 14.7. The number of fused-ring (bicyclic) bond motifs is 12. The van der Waals surface area contributed by atoms with E-state index in [-0.39, 0.29) is 0 Å². The molecule has 0 radical (unpaired) electrons. The Hall–Kier alpha value is -9.18. The van der Waals surface area contributed by atoms with E-state index in [1.807, 2.05) is 12.1 Å². The molecule has 0 N–H and O–H groups in total. The lowest BCUT2D eigenvalue weighted by Crippen LogP contribution is -2.36. The highest BCUT2D eigenvalue weighted by Gasteiger charge is 2.51. The molecule has 2 heterocycles.